The van der Waals surface area contributed by atoms with E-state index >= 15 is 0 Å². The fraction of sp³-hybridized carbons (Fsp3) is 0.516. The summed E-state index contributed by atoms with van der Waals surface area (Å²) in [7, 11) is -5.08. The van der Waals surface area contributed by atoms with Gasteiger partial charge in [0.25, 0.3) is 0 Å². The molecule has 1 aliphatic rings. The van der Waals surface area contributed by atoms with E-state index < -0.39 is 69.8 Å². The molecule has 0 spiro atoms. The Labute approximate surface area is 266 Å². The minimum absolute atomic E-state index is 0.237. The lowest BCUT2D eigenvalue weighted by atomic mass is 9.91. The quantitative estimate of drug-likeness (QED) is 0.234. The smallest absolute Gasteiger partial charge is 0.308 e. The molecule has 1 N–H and O–H groups in total. The summed E-state index contributed by atoms with van der Waals surface area (Å²) in [6.07, 6.45) is -0.682. The molecule has 4 rings (SSSR count). The van der Waals surface area contributed by atoms with Crippen LogP contribution in [0.4, 0.5) is 3.89 Å². The topological polar surface area (TPSA) is 149 Å². The number of amides is 2. The zero-order valence-corrected chi connectivity index (χ0v) is 28.0. The Kier molecular flexibility index (Phi) is 10.2. The van der Waals surface area contributed by atoms with E-state index in [-0.39, 0.29) is 18.1 Å². The van der Waals surface area contributed by atoms with Crippen molar-refractivity contribution >= 4 is 39.3 Å². The molecule has 14 heteroatoms. The number of thiazole rings is 1. The first-order chi connectivity index (χ1) is 20.9. The lowest BCUT2D eigenvalue weighted by molar-refractivity contribution is -0.155. The van der Waals surface area contributed by atoms with Crippen molar-refractivity contribution in [1.82, 2.24) is 20.4 Å². The maximum atomic E-state index is 14.3. The molecule has 0 bridgehead atoms. The summed E-state index contributed by atoms with van der Waals surface area (Å²) >= 11 is 1.49. The van der Waals surface area contributed by atoms with Gasteiger partial charge < -0.3 is 19.5 Å². The molecule has 1 aliphatic heterocycles. The third-order valence-corrected chi connectivity index (χ3v) is 9.68. The van der Waals surface area contributed by atoms with Crippen molar-refractivity contribution in [2.45, 2.75) is 90.2 Å². The normalized spacial score (nSPS) is 18.6. The van der Waals surface area contributed by atoms with Gasteiger partial charge in [0.15, 0.2) is 0 Å². The fourth-order valence-electron chi connectivity index (χ4n) is 5.45. The van der Waals surface area contributed by atoms with Gasteiger partial charge in [-0.2, -0.15) is 8.42 Å². The molecule has 0 radical (unpaired) electrons. The van der Waals surface area contributed by atoms with E-state index in [2.05, 4.69) is 15.5 Å². The number of aryl methyl sites for hydroxylation is 2. The van der Waals surface area contributed by atoms with Crippen LogP contribution in [0.5, 0.6) is 0 Å². The van der Waals surface area contributed by atoms with Gasteiger partial charge in [0.2, 0.25) is 11.8 Å². The van der Waals surface area contributed by atoms with Gasteiger partial charge in [-0.25, -0.2) is 4.98 Å². The zero-order chi connectivity index (χ0) is 33.3. The van der Waals surface area contributed by atoms with Gasteiger partial charge in [0.05, 0.1) is 34.2 Å². The Morgan fingerprint density at radius 1 is 1.18 bits per heavy atom. The maximum Gasteiger partial charge on any atom is 0.308 e. The highest BCUT2D eigenvalue weighted by atomic mass is 32.3. The third-order valence-electron chi connectivity index (χ3n) is 7.56. The van der Waals surface area contributed by atoms with Crippen molar-refractivity contribution in [3.8, 4) is 10.4 Å². The number of halogens is 1. The van der Waals surface area contributed by atoms with Gasteiger partial charge in [0.1, 0.15) is 28.6 Å². The largest absolute Gasteiger partial charge is 0.460 e. The van der Waals surface area contributed by atoms with Gasteiger partial charge in [-0.3, -0.25) is 14.4 Å². The number of hydrogen-bond donors (Lipinski definition) is 1. The van der Waals surface area contributed by atoms with E-state index in [0.717, 1.165) is 21.0 Å². The number of likely N-dealkylation sites (tertiary alicyclic amines) is 1. The first-order valence-electron chi connectivity index (χ1n) is 14.6. The van der Waals surface area contributed by atoms with Gasteiger partial charge in [-0.1, -0.05) is 43.3 Å². The molecule has 4 atom stereocenters. The van der Waals surface area contributed by atoms with Crippen LogP contribution >= 0.6 is 11.3 Å². The zero-order valence-electron chi connectivity index (χ0n) is 26.4. The van der Waals surface area contributed by atoms with E-state index in [1.165, 1.54) is 11.3 Å². The highest BCUT2D eigenvalue weighted by molar-refractivity contribution is 7.87. The molecule has 1 fully saturated rings. The summed E-state index contributed by atoms with van der Waals surface area (Å²) in [6, 6.07) is 6.65. The second kappa shape index (κ2) is 13.4. The number of hydrogen-bond acceptors (Lipinski definition) is 10. The van der Waals surface area contributed by atoms with Crippen LogP contribution in [0.1, 0.15) is 82.1 Å². The minimum Gasteiger partial charge on any atom is -0.460 e. The van der Waals surface area contributed by atoms with Crippen LogP contribution in [0.15, 0.2) is 40.4 Å². The van der Waals surface area contributed by atoms with Gasteiger partial charge in [0, 0.05) is 12.6 Å². The highest BCUT2D eigenvalue weighted by Crippen LogP contribution is 2.34. The number of esters is 1. The van der Waals surface area contributed by atoms with Gasteiger partial charge in [-0.05, 0) is 58.1 Å². The number of nitrogens with zero attached hydrogens (tertiary/aromatic N) is 3. The van der Waals surface area contributed by atoms with Crippen molar-refractivity contribution in [1.29, 1.82) is 0 Å². The average molecular weight is 663 g/mol. The summed E-state index contributed by atoms with van der Waals surface area (Å²) in [5.41, 5.74) is 3.88. The molecule has 45 heavy (non-hydrogen) atoms. The number of rotatable bonds is 10. The average Bonchev–Trinajstić information content (AvgIpc) is 3.67. The van der Waals surface area contributed by atoms with Crippen molar-refractivity contribution in [3.05, 3.63) is 58.6 Å². The molecule has 1 aromatic carbocycles. The molecular weight excluding hydrogens is 623 g/mol. The summed E-state index contributed by atoms with van der Waals surface area (Å²) in [5, 5.41) is 5.10. The van der Waals surface area contributed by atoms with Crippen LogP contribution in [-0.2, 0) is 29.3 Å². The molecule has 11 nitrogen and oxygen atoms in total. The molecule has 0 saturated carbocycles. The summed E-state index contributed by atoms with van der Waals surface area (Å²) in [6.45, 7) is 11.8. The van der Waals surface area contributed by atoms with Crippen LogP contribution in [0.25, 0.3) is 10.4 Å². The lowest BCUT2D eigenvalue weighted by Crippen LogP contribution is -2.49. The molecule has 1 saturated heterocycles. The Hall–Kier alpha value is -3.65. The predicted octanol–water partition coefficient (Wildman–Crippen LogP) is 5.01. The molecule has 244 valence electrons. The number of carbonyl (C=O) groups is 3. The minimum atomic E-state index is -5.08. The van der Waals surface area contributed by atoms with Crippen LogP contribution in [0.3, 0.4) is 0 Å². The Morgan fingerprint density at radius 3 is 2.36 bits per heavy atom. The first-order valence-corrected chi connectivity index (χ1v) is 17.0. The number of aromatic nitrogens is 2. The van der Waals surface area contributed by atoms with Crippen molar-refractivity contribution in [2.75, 3.05) is 6.54 Å². The van der Waals surface area contributed by atoms with Crippen LogP contribution in [0.2, 0.25) is 0 Å². The second-order valence-electron chi connectivity index (χ2n) is 12.7. The summed E-state index contributed by atoms with van der Waals surface area (Å²) in [5.74, 6) is -2.81. The molecular formula is C31H39FN4O7S2. The van der Waals surface area contributed by atoms with Crippen molar-refractivity contribution < 1.29 is 35.9 Å². The summed E-state index contributed by atoms with van der Waals surface area (Å²) in [4.78, 5) is 47.1. The van der Waals surface area contributed by atoms with Gasteiger partial charge >= 0.3 is 16.2 Å². The molecule has 3 aromatic rings. The van der Waals surface area contributed by atoms with E-state index in [1.807, 2.05) is 19.1 Å². The monoisotopic (exact) mass is 662 g/mol. The first kappa shape index (κ1) is 34.2. The highest BCUT2D eigenvalue weighted by Gasteiger charge is 2.48. The van der Waals surface area contributed by atoms with Crippen molar-refractivity contribution in [3.63, 3.8) is 0 Å². The molecule has 3 heterocycles. The Bertz CT molecular complexity index is 1640. The van der Waals surface area contributed by atoms with E-state index in [1.54, 1.807) is 65.3 Å². The SMILES string of the molecule is Cc1cc([C@H](C(=O)N2C[C@H](S(=O)(=O)F)C[C@H]2C(=O)N[C@@H](CC(=O)OC(C)(C)C)c2ccc(-c3scnc3C)cc2)C(C)C)on1. The summed E-state index contributed by atoms with van der Waals surface area (Å²) < 4.78 is 49.2. The number of benzene rings is 1. The second-order valence-corrected chi connectivity index (χ2v) is 15.1. The van der Waals surface area contributed by atoms with Gasteiger partial charge in [-0.15, -0.1) is 15.2 Å². The number of carbonyl (C=O) groups excluding carboxylic acids is 3. The lowest BCUT2D eigenvalue weighted by Gasteiger charge is -2.30. The van der Waals surface area contributed by atoms with E-state index in [4.69, 9.17) is 9.26 Å². The Morgan fingerprint density at radius 2 is 1.84 bits per heavy atom. The number of ether oxygens (including phenoxy) is 1. The standard InChI is InChI=1S/C31H39FN4O7S2/c1-17(2)27(25-12-18(3)35-43-25)30(39)36-15-22(45(32,40)41)13-24(36)29(38)34-23(14-26(37)42-31(5,6)7)20-8-10-21(11-9-20)28-19(4)33-16-44-28/h8-12,16-17,22-24,27H,13-15H2,1-7H3,(H,34,38)/t22-,23+,24+,27-/m1/s1. The molecule has 2 amide bonds. The third kappa shape index (κ3) is 8.34. The predicted molar refractivity (Wildman–Crippen MR) is 166 cm³/mol. The van der Waals surface area contributed by atoms with Crippen molar-refractivity contribution in [2.24, 2.45) is 5.92 Å². The molecule has 0 unspecified atom stereocenters. The Balaban J connectivity index is 1.65. The van der Waals surface area contributed by atoms with E-state index in [9.17, 15) is 26.7 Å². The number of nitrogens with one attached hydrogen (secondary N) is 1. The fourth-order valence-corrected chi connectivity index (χ4v) is 7.02. The van der Waals surface area contributed by atoms with Crippen LogP contribution in [-0.4, -0.2) is 64.7 Å². The van der Waals surface area contributed by atoms with Crippen LogP contribution in [0, 0.1) is 19.8 Å². The van der Waals surface area contributed by atoms with Crippen LogP contribution < -0.4 is 5.32 Å². The van der Waals surface area contributed by atoms with E-state index in [0.29, 0.717) is 11.3 Å². The molecule has 0 aliphatic carbocycles. The molecule has 2 aromatic heterocycles. The maximum absolute atomic E-state index is 14.3.